The minimum absolute atomic E-state index is 0.00376. The Morgan fingerprint density at radius 1 is 1.06 bits per heavy atom. The summed E-state index contributed by atoms with van der Waals surface area (Å²) in [5, 5.41) is 0. The van der Waals surface area contributed by atoms with Gasteiger partial charge in [0.2, 0.25) is 0 Å². The van der Waals surface area contributed by atoms with Gasteiger partial charge in [-0.2, -0.15) is 0 Å². The predicted molar refractivity (Wildman–Crippen MR) is 129 cm³/mol. The van der Waals surface area contributed by atoms with Crippen molar-refractivity contribution < 1.29 is 19.0 Å². The van der Waals surface area contributed by atoms with E-state index in [1.165, 1.54) is 0 Å². The second-order valence-corrected chi connectivity index (χ2v) is 12.4. The van der Waals surface area contributed by atoms with E-state index in [1.807, 2.05) is 13.2 Å². The summed E-state index contributed by atoms with van der Waals surface area (Å²) in [6.07, 6.45) is 5.12. The molecule has 8 atom stereocenters. The van der Waals surface area contributed by atoms with Crippen molar-refractivity contribution in [3.63, 3.8) is 0 Å². The van der Waals surface area contributed by atoms with E-state index in [1.54, 1.807) is 18.9 Å². The van der Waals surface area contributed by atoms with Crippen molar-refractivity contribution in [2.24, 2.45) is 28.6 Å². The van der Waals surface area contributed by atoms with E-state index in [4.69, 9.17) is 14.2 Å². The molecule has 4 rings (SSSR count). The fraction of sp³-hybridized carbons (Fsp3) is 0.741. The van der Waals surface area contributed by atoms with Crippen molar-refractivity contribution in [2.45, 2.75) is 81.6 Å². The summed E-state index contributed by atoms with van der Waals surface area (Å²) < 4.78 is 17.4. The maximum atomic E-state index is 14.3. The summed E-state index contributed by atoms with van der Waals surface area (Å²) >= 11 is 1.71. The molecule has 3 aliphatic rings. The molecule has 3 saturated carbocycles. The first kappa shape index (κ1) is 24.3. The summed E-state index contributed by atoms with van der Waals surface area (Å²) in [6, 6.07) is 10.4. The van der Waals surface area contributed by atoms with Gasteiger partial charge in [0, 0.05) is 30.4 Å². The number of ketones is 1. The standard InChI is InChI=1S/C27H40O4S/c1-18-12-14-27-15-13-21(30-6)23(27)26(18,4)22(31-17-29-5)16-25(3,24(28)19(27)2)32-20-10-8-7-9-11-20/h7-11,18-19,21-23H,12-17H2,1-6H3/t18-,19+,21-,22?,23?,25-,26+,27?/m1/s1. The monoisotopic (exact) mass is 460 g/mol. The lowest BCUT2D eigenvalue weighted by Crippen LogP contribution is -2.63. The Kier molecular flexibility index (Phi) is 6.86. The van der Waals surface area contributed by atoms with Crippen molar-refractivity contribution in [3.05, 3.63) is 30.3 Å². The highest BCUT2D eigenvalue weighted by atomic mass is 32.2. The number of hydrogen-bond acceptors (Lipinski definition) is 5. The van der Waals surface area contributed by atoms with Crippen molar-refractivity contribution >= 4 is 17.5 Å². The first-order chi connectivity index (χ1) is 15.2. The number of thioether (sulfide) groups is 1. The lowest BCUT2D eigenvalue weighted by molar-refractivity contribution is -0.211. The zero-order valence-electron chi connectivity index (χ0n) is 20.6. The number of methoxy groups -OCH3 is 2. The third kappa shape index (κ3) is 3.68. The number of carbonyl (C=O) groups excluding carboxylic acids is 1. The Balaban J connectivity index is 1.84. The predicted octanol–water partition coefficient (Wildman–Crippen LogP) is 5.98. The molecule has 0 amide bonds. The molecular weight excluding hydrogens is 420 g/mol. The second-order valence-electron chi connectivity index (χ2n) is 10.8. The Morgan fingerprint density at radius 2 is 1.75 bits per heavy atom. The summed E-state index contributed by atoms with van der Waals surface area (Å²) in [4.78, 5) is 15.5. The van der Waals surface area contributed by atoms with Crippen molar-refractivity contribution in [1.82, 2.24) is 0 Å². The van der Waals surface area contributed by atoms with Crippen molar-refractivity contribution in [3.8, 4) is 0 Å². The lowest BCUT2D eigenvalue weighted by atomic mass is 9.45. The second kappa shape index (κ2) is 9.05. The summed E-state index contributed by atoms with van der Waals surface area (Å²) in [5.41, 5.74) is -0.103. The molecule has 0 saturated heterocycles. The lowest BCUT2D eigenvalue weighted by Gasteiger charge is -2.62. The van der Waals surface area contributed by atoms with Crippen LogP contribution in [0.5, 0.6) is 0 Å². The molecule has 178 valence electrons. The largest absolute Gasteiger partial charge is 0.381 e. The zero-order chi connectivity index (χ0) is 23.1. The molecule has 0 spiro atoms. The molecule has 0 N–H and O–H groups in total. The molecule has 0 aliphatic heterocycles. The molecule has 1 aromatic carbocycles. The van der Waals surface area contributed by atoms with E-state index in [0.717, 1.165) is 30.6 Å². The third-order valence-corrected chi connectivity index (χ3v) is 10.8. The first-order valence-electron chi connectivity index (χ1n) is 12.1. The van der Waals surface area contributed by atoms with Gasteiger partial charge in [-0.05, 0) is 68.4 Å². The molecule has 4 nitrogen and oxygen atoms in total. The molecule has 3 unspecified atom stereocenters. The van der Waals surface area contributed by atoms with E-state index < -0.39 is 4.75 Å². The van der Waals surface area contributed by atoms with E-state index in [9.17, 15) is 4.79 Å². The Labute approximate surface area is 198 Å². The number of Topliss-reactive ketones (excluding diaryl/α,β-unsaturated/α-hetero) is 1. The van der Waals surface area contributed by atoms with Gasteiger partial charge in [-0.25, -0.2) is 0 Å². The van der Waals surface area contributed by atoms with Gasteiger partial charge in [0.1, 0.15) is 6.79 Å². The Morgan fingerprint density at radius 3 is 2.41 bits per heavy atom. The van der Waals surface area contributed by atoms with Gasteiger partial charge < -0.3 is 14.2 Å². The molecule has 3 fully saturated rings. The van der Waals surface area contributed by atoms with Gasteiger partial charge in [0.05, 0.1) is 17.0 Å². The number of hydrogen-bond donors (Lipinski definition) is 0. The van der Waals surface area contributed by atoms with Gasteiger partial charge in [-0.1, -0.05) is 39.0 Å². The highest BCUT2D eigenvalue weighted by Crippen LogP contribution is 2.68. The van der Waals surface area contributed by atoms with Crippen LogP contribution in [-0.4, -0.2) is 43.8 Å². The molecular formula is C27H40O4S. The normalized spacial score (nSPS) is 44.1. The minimum atomic E-state index is -0.555. The average Bonchev–Trinajstić information content (AvgIpc) is 3.19. The van der Waals surface area contributed by atoms with E-state index in [-0.39, 0.29) is 35.7 Å². The molecule has 0 radical (unpaired) electrons. The molecule has 1 aromatic rings. The fourth-order valence-electron chi connectivity index (χ4n) is 7.60. The molecule has 32 heavy (non-hydrogen) atoms. The van der Waals surface area contributed by atoms with Crippen LogP contribution in [0, 0.1) is 28.6 Å². The molecule has 3 aliphatic carbocycles. The SMILES string of the molecule is COCOC1C[C@@](C)(Sc2ccccc2)C(=O)[C@H](C)C23CC[C@@H](C)[C@]1(C)C2[C@H](OC)CC3. The van der Waals surface area contributed by atoms with Crippen LogP contribution >= 0.6 is 11.8 Å². The average molecular weight is 461 g/mol. The van der Waals surface area contributed by atoms with Gasteiger partial charge in [0.15, 0.2) is 5.78 Å². The van der Waals surface area contributed by atoms with Crippen LogP contribution in [0.2, 0.25) is 0 Å². The number of benzene rings is 1. The van der Waals surface area contributed by atoms with Crippen molar-refractivity contribution in [1.29, 1.82) is 0 Å². The summed E-state index contributed by atoms with van der Waals surface area (Å²) in [6.45, 7) is 9.41. The van der Waals surface area contributed by atoms with Crippen LogP contribution in [0.1, 0.15) is 59.8 Å². The van der Waals surface area contributed by atoms with Crippen LogP contribution in [0.25, 0.3) is 0 Å². The van der Waals surface area contributed by atoms with Crippen LogP contribution in [0.15, 0.2) is 35.2 Å². The van der Waals surface area contributed by atoms with Gasteiger partial charge in [0.25, 0.3) is 0 Å². The molecule has 2 bridgehead atoms. The van der Waals surface area contributed by atoms with Gasteiger partial charge in [-0.15, -0.1) is 11.8 Å². The van der Waals surface area contributed by atoms with Crippen molar-refractivity contribution in [2.75, 3.05) is 21.0 Å². The smallest absolute Gasteiger partial charge is 0.152 e. The first-order valence-corrected chi connectivity index (χ1v) is 13.0. The van der Waals surface area contributed by atoms with Crippen LogP contribution in [0.3, 0.4) is 0 Å². The summed E-state index contributed by atoms with van der Waals surface area (Å²) in [7, 11) is 3.53. The van der Waals surface area contributed by atoms with Crippen LogP contribution < -0.4 is 0 Å². The highest BCUT2D eigenvalue weighted by molar-refractivity contribution is 8.01. The minimum Gasteiger partial charge on any atom is -0.381 e. The topological polar surface area (TPSA) is 44.8 Å². The van der Waals surface area contributed by atoms with E-state index in [2.05, 4.69) is 52.0 Å². The highest BCUT2D eigenvalue weighted by Gasteiger charge is 2.68. The molecule has 0 aromatic heterocycles. The maximum absolute atomic E-state index is 14.3. The Bertz CT molecular complexity index is 815. The number of carbonyl (C=O) groups is 1. The number of ether oxygens (including phenoxy) is 3. The molecule has 0 heterocycles. The quantitative estimate of drug-likeness (QED) is 0.489. The maximum Gasteiger partial charge on any atom is 0.152 e. The Hall–Kier alpha value is -0.880. The molecule has 5 heteroatoms. The van der Waals surface area contributed by atoms with E-state index in [0.29, 0.717) is 24.0 Å². The fourth-order valence-corrected chi connectivity index (χ4v) is 8.93. The summed E-state index contributed by atoms with van der Waals surface area (Å²) in [5.74, 6) is 1.18. The van der Waals surface area contributed by atoms with Crippen LogP contribution in [0.4, 0.5) is 0 Å². The van der Waals surface area contributed by atoms with E-state index >= 15 is 0 Å². The zero-order valence-corrected chi connectivity index (χ0v) is 21.4. The third-order valence-electron chi connectivity index (χ3n) is 9.48. The number of rotatable bonds is 6. The van der Waals surface area contributed by atoms with Gasteiger partial charge in [-0.3, -0.25) is 4.79 Å². The van der Waals surface area contributed by atoms with Gasteiger partial charge >= 0.3 is 0 Å². The van der Waals surface area contributed by atoms with Crippen LogP contribution in [-0.2, 0) is 19.0 Å².